The standard InChI is InChI=1S/C22H27FN6O3/c1-13(23)21-26-16-5-3-4-6-17(16)29(21)18(24)8-19(25)32-12-14-9-28(10-14)22(31)15-7-20(30)27(2)11-15/h3-6,8,13-15,25H,7,9-12,24H2,1-2H3/b18-8+,25-19?. The molecule has 0 spiro atoms. The van der Waals surface area contributed by atoms with Gasteiger partial charge in [0.2, 0.25) is 17.7 Å². The molecule has 3 heterocycles. The van der Waals surface area contributed by atoms with Gasteiger partial charge in [0.05, 0.1) is 23.6 Å². The van der Waals surface area contributed by atoms with E-state index < -0.39 is 6.17 Å². The second-order valence-corrected chi connectivity index (χ2v) is 8.44. The predicted molar refractivity (Wildman–Crippen MR) is 117 cm³/mol. The second kappa shape index (κ2) is 8.60. The summed E-state index contributed by atoms with van der Waals surface area (Å²) in [5.41, 5.74) is 7.43. The Morgan fingerprint density at radius 2 is 2.09 bits per heavy atom. The topological polar surface area (TPSA) is 118 Å². The van der Waals surface area contributed by atoms with Crippen LogP contribution in [0.15, 0.2) is 30.3 Å². The number of likely N-dealkylation sites (tertiary alicyclic amines) is 2. The Balaban J connectivity index is 1.32. The summed E-state index contributed by atoms with van der Waals surface area (Å²) in [7, 11) is 1.71. The third kappa shape index (κ3) is 4.17. The highest BCUT2D eigenvalue weighted by molar-refractivity contribution is 5.92. The van der Waals surface area contributed by atoms with Crippen LogP contribution < -0.4 is 5.73 Å². The van der Waals surface area contributed by atoms with Gasteiger partial charge in [-0.05, 0) is 19.1 Å². The van der Waals surface area contributed by atoms with Crippen LogP contribution in [0.3, 0.4) is 0 Å². The molecule has 0 radical (unpaired) electrons. The number of amides is 2. The molecule has 2 fully saturated rings. The van der Waals surface area contributed by atoms with Crippen LogP contribution in [0.25, 0.3) is 16.9 Å². The fourth-order valence-corrected chi connectivity index (χ4v) is 4.17. The van der Waals surface area contributed by atoms with E-state index >= 15 is 0 Å². The van der Waals surface area contributed by atoms with Crippen molar-refractivity contribution in [1.82, 2.24) is 19.4 Å². The average Bonchev–Trinajstić information content (AvgIpc) is 3.27. The zero-order valence-electron chi connectivity index (χ0n) is 18.1. The van der Waals surface area contributed by atoms with Gasteiger partial charge in [-0.1, -0.05) is 12.1 Å². The number of nitrogens with two attached hydrogens (primary N) is 1. The molecule has 4 rings (SSSR count). The number of benzene rings is 1. The SMILES string of the molecule is CC(F)c1nc2ccccc2n1/C(N)=C/C(=N)OCC1CN(C(=O)C2CC(=O)N(C)C2)C1. The molecule has 0 bridgehead atoms. The summed E-state index contributed by atoms with van der Waals surface area (Å²) in [5.74, 6) is -0.00607. The number of alkyl halides is 1. The molecule has 2 saturated heterocycles. The van der Waals surface area contributed by atoms with E-state index in [-0.39, 0.29) is 54.2 Å². The van der Waals surface area contributed by atoms with Crippen molar-refractivity contribution in [3.63, 3.8) is 0 Å². The molecule has 170 valence electrons. The van der Waals surface area contributed by atoms with Gasteiger partial charge in [0, 0.05) is 45.1 Å². The lowest BCUT2D eigenvalue weighted by Crippen LogP contribution is -2.53. The van der Waals surface area contributed by atoms with Crippen LogP contribution in [0, 0.1) is 17.2 Å². The Hall–Kier alpha value is -3.43. The summed E-state index contributed by atoms with van der Waals surface area (Å²) < 4.78 is 21.1. The number of hydrogen-bond donors (Lipinski definition) is 2. The fourth-order valence-electron chi connectivity index (χ4n) is 4.17. The summed E-state index contributed by atoms with van der Waals surface area (Å²) in [6.45, 7) is 3.19. The number of halogens is 1. The fraction of sp³-hybridized carbons (Fsp3) is 0.455. The molecule has 10 heteroatoms. The molecule has 2 aliphatic rings. The van der Waals surface area contributed by atoms with E-state index in [1.54, 1.807) is 29.0 Å². The monoisotopic (exact) mass is 442 g/mol. The molecule has 9 nitrogen and oxygen atoms in total. The lowest BCUT2D eigenvalue weighted by molar-refractivity contribution is -0.142. The number of ether oxygens (including phenoxy) is 1. The first-order chi connectivity index (χ1) is 15.2. The van der Waals surface area contributed by atoms with Crippen LogP contribution in [0.1, 0.15) is 25.3 Å². The first kappa shape index (κ1) is 21.8. The molecule has 2 unspecified atom stereocenters. The van der Waals surface area contributed by atoms with Gasteiger partial charge in [0.25, 0.3) is 0 Å². The van der Waals surface area contributed by atoms with Crippen molar-refractivity contribution in [2.24, 2.45) is 17.6 Å². The summed E-state index contributed by atoms with van der Waals surface area (Å²) in [6, 6.07) is 7.18. The highest BCUT2D eigenvalue weighted by atomic mass is 19.1. The number of nitrogens with zero attached hydrogens (tertiary/aromatic N) is 4. The van der Waals surface area contributed by atoms with E-state index in [9.17, 15) is 14.0 Å². The smallest absolute Gasteiger partial charge is 0.228 e. The maximum atomic E-state index is 14.1. The Bertz CT molecular complexity index is 1090. The third-order valence-corrected chi connectivity index (χ3v) is 5.91. The first-order valence-corrected chi connectivity index (χ1v) is 10.6. The molecule has 2 atom stereocenters. The van der Waals surface area contributed by atoms with Gasteiger partial charge < -0.3 is 20.3 Å². The number of nitrogens with one attached hydrogen (secondary N) is 1. The quantitative estimate of drug-likeness (QED) is 0.522. The van der Waals surface area contributed by atoms with E-state index in [1.807, 2.05) is 12.1 Å². The van der Waals surface area contributed by atoms with E-state index in [0.717, 1.165) is 0 Å². The Morgan fingerprint density at radius 1 is 1.38 bits per heavy atom. The minimum absolute atomic E-state index is 0.00183. The maximum absolute atomic E-state index is 14.1. The minimum atomic E-state index is -1.34. The highest BCUT2D eigenvalue weighted by Gasteiger charge is 2.39. The molecule has 0 aliphatic carbocycles. The van der Waals surface area contributed by atoms with Gasteiger partial charge in [-0.2, -0.15) is 0 Å². The van der Waals surface area contributed by atoms with Gasteiger partial charge in [0.15, 0.2) is 6.17 Å². The lowest BCUT2D eigenvalue weighted by atomic mass is 9.97. The van der Waals surface area contributed by atoms with Crippen LogP contribution in [0.4, 0.5) is 4.39 Å². The number of hydrogen-bond acceptors (Lipinski definition) is 6. The van der Waals surface area contributed by atoms with Crippen molar-refractivity contribution in [3.05, 3.63) is 36.2 Å². The lowest BCUT2D eigenvalue weighted by Gasteiger charge is -2.40. The number of rotatable bonds is 6. The Kier molecular flexibility index (Phi) is 5.86. The van der Waals surface area contributed by atoms with E-state index in [1.165, 1.54) is 17.6 Å². The van der Waals surface area contributed by atoms with Gasteiger partial charge in [-0.25, -0.2) is 9.37 Å². The molecule has 3 N–H and O–H groups in total. The normalized spacial score (nSPS) is 20.5. The van der Waals surface area contributed by atoms with E-state index in [2.05, 4.69) is 4.98 Å². The van der Waals surface area contributed by atoms with Gasteiger partial charge in [-0.15, -0.1) is 0 Å². The molecular formula is C22H27FN6O3. The average molecular weight is 442 g/mol. The maximum Gasteiger partial charge on any atom is 0.228 e. The molecule has 2 amide bonds. The third-order valence-electron chi connectivity index (χ3n) is 5.91. The van der Waals surface area contributed by atoms with Crippen LogP contribution in [-0.4, -0.2) is 70.4 Å². The number of carbonyl (C=O) groups excluding carboxylic acids is 2. The molecule has 0 saturated carbocycles. The van der Waals surface area contributed by atoms with Crippen molar-refractivity contribution in [2.45, 2.75) is 19.5 Å². The zero-order chi connectivity index (χ0) is 23.0. The van der Waals surface area contributed by atoms with Gasteiger partial charge >= 0.3 is 0 Å². The van der Waals surface area contributed by atoms with Crippen LogP contribution >= 0.6 is 0 Å². The summed E-state index contributed by atoms with van der Waals surface area (Å²) in [6.07, 6.45) is 0.268. The molecule has 1 aromatic carbocycles. The second-order valence-electron chi connectivity index (χ2n) is 8.44. The van der Waals surface area contributed by atoms with E-state index in [4.69, 9.17) is 15.9 Å². The zero-order valence-corrected chi connectivity index (χ0v) is 18.1. The summed E-state index contributed by atoms with van der Waals surface area (Å²) >= 11 is 0. The van der Waals surface area contributed by atoms with Crippen molar-refractivity contribution in [1.29, 1.82) is 5.41 Å². The summed E-state index contributed by atoms with van der Waals surface area (Å²) in [5, 5.41) is 8.09. The minimum Gasteiger partial charge on any atom is -0.478 e. The predicted octanol–water partition coefficient (Wildman–Crippen LogP) is 1.75. The Morgan fingerprint density at radius 3 is 2.75 bits per heavy atom. The van der Waals surface area contributed by atoms with Crippen molar-refractivity contribution in [2.75, 3.05) is 33.3 Å². The van der Waals surface area contributed by atoms with Crippen molar-refractivity contribution < 1.29 is 18.7 Å². The molecule has 2 aromatic rings. The van der Waals surface area contributed by atoms with Gasteiger partial charge in [0.1, 0.15) is 11.6 Å². The number of aromatic nitrogens is 2. The molecule has 1 aromatic heterocycles. The molecule has 2 aliphatic heterocycles. The highest BCUT2D eigenvalue weighted by Crippen LogP contribution is 2.26. The first-order valence-electron chi connectivity index (χ1n) is 10.6. The van der Waals surface area contributed by atoms with Crippen LogP contribution in [-0.2, 0) is 14.3 Å². The van der Waals surface area contributed by atoms with Crippen molar-refractivity contribution in [3.8, 4) is 0 Å². The largest absolute Gasteiger partial charge is 0.478 e. The number of para-hydroxylation sites is 2. The number of imidazole rings is 1. The van der Waals surface area contributed by atoms with Crippen molar-refractivity contribution >= 4 is 34.6 Å². The molecule has 32 heavy (non-hydrogen) atoms. The molecular weight excluding hydrogens is 415 g/mol. The number of carbonyl (C=O) groups is 2. The summed E-state index contributed by atoms with van der Waals surface area (Å²) in [4.78, 5) is 31.7. The van der Waals surface area contributed by atoms with Crippen LogP contribution in [0.2, 0.25) is 0 Å². The van der Waals surface area contributed by atoms with Gasteiger partial charge in [-0.3, -0.25) is 19.6 Å². The van der Waals surface area contributed by atoms with Crippen LogP contribution in [0.5, 0.6) is 0 Å². The van der Waals surface area contributed by atoms with E-state index in [0.29, 0.717) is 30.7 Å². The Labute approximate surface area is 185 Å². The number of fused-ring (bicyclic) bond motifs is 1.